The monoisotopic (exact) mass is 385 g/mol. The van der Waals surface area contributed by atoms with Crippen LogP contribution in [-0.4, -0.2) is 27.9 Å². The molecule has 1 atom stereocenters. The second-order valence-corrected chi connectivity index (χ2v) is 7.14. The first-order valence-corrected chi connectivity index (χ1v) is 9.21. The van der Waals surface area contributed by atoms with Crippen molar-refractivity contribution >= 4 is 33.4 Å². The topological polar surface area (TPSA) is 101 Å². The number of carbonyl (C=O) groups is 2. The first kappa shape index (κ1) is 18.8. The van der Waals surface area contributed by atoms with Crippen LogP contribution in [0.15, 0.2) is 35.1 Å². The van der Waals surface area contributed by atoms with E-state index >= 15 is 0 Å². The van der Waals surface area contributed by atoms with Crippen molar-refractivity contribution in [3.63, 3.8) is 0 Å². The molecule has 0 aliphatic rings. The van der Waals surface area contributed by atoms with Crippen molar-refractivity contribution in [2.45, 2.75) is 33.4 Å². The summed E-state index contributed by atoms with van der Waals surface area (Å²) < 4.78 is 5.29. The van der Waals surface area contributed by atoms with Gasteiger partial charge in [-0.25, -0.2) is 9.78 Å². The molecule has 0 aliphatic carbocycles. The van der Waals surface area contributed by atoms with Gasteiger partial charge in [0, 0.05) is 6.54 Å². The van der Waals surface area contributed by atoms with E-state index in [1.165, 1.54) is 6.92 Å². The largest absolute Gasteiger partial charge is 0.448 e. The minimum Gasteiger partial charge on any atom is -0.448 e. The zero-order chi connectivity index (χ0) is 19.6. The minimum absolute atomic E-state index is 0.274. The van der Waals surface area contributed by atoms with Crippen LogP contribution in [0.2, 0.25) is 0 Å². The molecule has 0 fully saturated rings. The van der Waals surface area contributed by atoms with Gasteiger partial charge in [0.05, 0.1) is 5.39 Å². The zero-order valence-electron chi connectivity index (χ0n) is 15.2. The summed E-state index contributed by atoms with van der Waals surface area (Å²) in [5.74, 6) is -0.560. The third-order valence-corrected chi connectivity index (χ3v) is 5.23. The van der Waals surface area contributed by atoms with E-state index in [1.807, 2.05) is 30.3 Å². The molecule has 0 bridgehead atoms. The standard InChI is InChI=1S/C19H19N3O4S/c1-10-14-17(24)21-12(3)22-18(14)27-15(10)19(25)26-11(2)16(23)20-9-13-7-5-4-6-8-13/h4-8,11H,9H2,1-3H3,(H,20,23)(H,21,22,24)/t11-/m1/s1. The molecule has 0 saturated heterocycles. The van der Waals surface area contributed by atoms with Gasteiger partial charge in [-0.2, -0.15) is 0 Å². The number of fused-ring (bicyclic) bond motifs is 1. The Morgan fingerprint density at radius 2 is 1.96 bits per heavy atom. The summed E-state index contributed by atoms with van der Waals surface area (Å²) in [5, 5.41) is 3.11. The minimum atomic E-state index is -0.959. The number of amides is 1. The van der Waals surface area contributed by atoms with Crippen LogP contribution < -0.4 is 10.9 Å². The van der Waals surface area contributed by atoms with E-state index in [0.29, 0.717) is 28.1 Å². The molecule has 2 N–H and O–H groups in total. The Morgan fingerprint density at radius 1 is 1.26 bits per heavy atom. The molecule has 7 nitrogen and oxygen atoms in total. The Labute approximate surface area is 159 Å². The number of benzene rings is 1. The Hall–Kier alpha value is -3.00. The number of thiophene rings is 1. The van der Waals surface area contributed by atoms with Crippen LogP contribution in [0.25, 0.3) is 10.2 Å². The van der Waals surface area contributed by atoms with Crippen LogP contribution >= 0.6 is 11.3 Å². The Balaban J connectivity index is 1.70. The molecule has 0 spiro atoms. The fourth-order valence-corrected chi connectivity index (χ4v) is 3.75. The van der Waals surface area contributed by atoms with E-state index in [2.05, 4.69) is 15.3 Å². The van der Waals surface area contributed by atoms with E-state index in [0.717, 1.165) is 16.9 Å². The van der Waals surface area contributed by atoms with Crippen LogP contribution in [-0.2, 0) is 16.1 Å². The molecule has 3 rings (SSSR count). The van der Waals surface area contributed by atoms with Gasteiger partial charge in [0.15, 0.2) is 6.10 Å². The summed E-state index contributed by atoms with van der Waals surface area (Å²) in [6.07, 6.45) is -0.959. The van der Waals surface area contributed by atoms with Crippen molar-refractivity contribution in [3.05, 3.63) is 62.5 Å². The van der Waals surface area contributed by atoms with Crippen molar-refractivity contribution in [1.82, 2.24) is 15.3 Å². The smallest absolute Gasteiger partial charge is 0.349 e. The van der Waals surface area contributed by atoms with E-state index in [4.69, 9.17) is 4.74 Å². The lowest BCUT2D eigenvalue weighted by atomic mass is 10.2. The molecule has 1 aromatic carbocycles. The third kappa shape index (κ3) is 4.06. The predicted molar refractivity (Wildman–Crippen MR) is 103 cm³/mol. The van der Waals surface area contributed by atoms with Gasteiger partial charge in [0.1, 0.15) is 15.5 Å². The number of nitrogens with zero attached hydrogens (tertiary/aromatic N) is 1. The fraction of sp³-hybridized carbons (Fsp3) is 0.263. The molecule has 2 heterocycles. The number of rotatable bonds is 5. The number of carbonyl (C=O) groups excluding carboxylic acids is 2. The molecular formula is C19H19N3O4S. The Bertz CT molecular complexity index is 1060. The van der Waals surface area contributed by atoms with E-state index in [9.17, 15) is 14.4 Å². The number of aryl methyl sites for hydroxylation is 2. The lowest BCUT2D eigenvalue weighted by Crippen LogP contribution is -2.35. The lowest BCUT2D eigenvalue weighted by Gasteiger charge is -2.13. The number of aromatic nitrogens is 2. The first-order chi connectivity index (χ1) is 12.9. The van der Waals surface area contributed by atoms with Gasteiger partial charge in [-0.05, 0) is 31.9 Å². The lowest BCUT2D eigenvalue weighted by molar-refractivity contribution is -0.129. The average molecular weight is 385 g/mol. The summed E-state index contributed by atoms with van der Waals surface area (Å²) in [6, 6.07) is 9.44. The number of esters is 1. The maximum absolute atomic E-state index is 12.5. The molecule has 3 aromatic rings. The number of H-pyrrole nitrogens is 1. The molecular weight excluding hydrogens is 366 g/mol. The molecule has 0 radical (unpaired) electrons. The van der Waals surface area contributed by atoms with Gasteiger partial charge in [-0.15, -0.1) is 11.3 Å². The van der Waals surface area contributed by atoms with Crippen molar-refractivity contribution < 1.29 is 14.3 Å². The fourth-order valence-electron chi connectivity index (χ4n) is 2.64. The van der Waals surface area contributed by atoms with Crippen LogP contribution in [0.4, 0.5) is 0 Å². The molecule has 0 saturated carbocycles. The second kappa shape index (κ2) is 7.71. The zero-order valence-corrected chi connectivity index (χ0v) is 16.0. The number of hydrogen-bond donors (Lipinski definition) is 2. The van der Waals surface area contributed by atoms with Crippen molar-refractivity contribution in [3.8, 4) is 0 Å². The molecule has 2 aromatic heterocycles. The second-order valence-electron chi connectivity index (χ2n) is 6.14. The first-order valence-electron chi connectivity index (χ1n) is 8.39. The van der Waals surface area contributed by atoms with Gasteiger partial charge in [0.25, 0.3) is 11.5 Å². The SMILES string of the molecule is Cc1nc2sc(C(=O)O[C@H](C)C(=O)NCc3ccccc3)c(C)c2c(=O)[nH]1. The van der Waals surface area contributed by atoms with E-state index in [1.54, 1.807) is 13.8 Å². The third-order valence-electron chi connectivity index (χ3n) is 4.07. The van der Waals surface area contributed by atoms with Gasteiger partial charge >= 0.3 is 5.97 Å². The van der Waals surface area contributed by atoms with Crippen LogP contribution in [0.5, 0.6) is 0 Å². The van der Waals surface area contributed by atoms with Gasteiger partial charge < -0.3 is 15.0 Å². The number of aromatic amines is 1. The quantitative estimate of drug-likeness (QED) is 0.657. The van der Waals surface area contributed by atoms with Crippen molar-refractivity contribution in [1.29, 1.82) is 0 Å². The van der Waals surface area contributed by atoms with Crippen molar-refractivity contribution in [2.24, 2.45) is 0 Å². The summed E-state index contributed by atoms with van der Waals surface area (Å²) >= 11 is 1.09. The van der Waals surface area contributed by atoms with Crippen LogP contribution in [0, 0.1) is 13.8 Å². The number of hydrogen-bond acceptors (Lipinski definition) is 6. The molecule has 8 heteroatoms. The summed E-state index contributed by atoms with van der Waals surface area (Å²) in [4.78, 5) is 44.4. The maximum atomic E-state index is 12.5. The van der Waals surface area contributed by atoms with E-state index in [-0.39, 0.29) is 10.4 Å². The molecule has 0 aliphatic heterocycles. The summed E-state index contributed by atoms with van der Waals surface area (Å²) in [5.41, 5.74) is 1.16. The van der Waals surface area contributed by atoms with Gasteiger partial charge in [-0.3, -0.25) is 9.59 Å². The highest BCUT2D eigenvalue weighted by atomic mass is 32.1. The highest BCUT2D eigenvalue weighted by Gasteiger charge is 2.24. The highest BCUT2D eigenvalue weighted by molar-refractivity contribution is 7.20. The molecule has 27 heavy (non-hydrogen) atoms. The number of ether oxygens (including phenoxy) is 1. The van der Waals surface area contributed by atoms with Crippen LogP contribution in [0.3, 0.4) is 0 Å². The van der Waals surface area contributed by atoms with E-state index < -0.39 is 18.0 Å². The van der Waals surface area contributed by atoms with Gasteiger partial charge in [-0.1, -0.05) is 30.3 Å². The average Bonchev–Trinajstić information content (AvgIpc) is 2.97. The maximum Gasteiger partial charge on any atom is 0.349 e. The molecule has 140 valence electrons. The Morgan fingerprint density at radius 3 is 2.67 bits per heavy atom. The predicted octanol–water partition coefficient (Wildman–Crippen LogP) is 2.46. The van der Waals surface area contributed by atoms with Gasteiger partial charge in [0.2, 0.25) is 0 Å². The Kier molecular flexibility index (Phi) is 5.36. The normalized spacial score (nSPS) is 12.0. The molecule has 1 amide bonds. The highest BCUT2D eigenvalue weighted by Crippen LogP contribution is 2.27. The molecule has 0 unspecified atom stereocenters. The number of nitrogens with one attached hydrogen (secondary N) is 2. The summed E-state index contributed by atoms with van der Waals surface area (Å²) in [7, 11) is 0. The summed E-state index contributed by atoms with van der Waals surface area (Å²) in [6.45, 7) is 5.20. The van der Waals surface area contributed by atoms with Crippen LogP contribution in [0.1, 0.15) is 33.5 Å². The van der Waals surface area contributed by atoms with Crippen molar-refractivity contribution in [2.75, 3.05) is 0 Å².